The largest absolute Gasteiger partial charge is 0.497 e. The molecule has 0 unspecified atom stereocenters. The first-order chi connectivity index (χ1) is 11.8. The first kappa shape index (κ1) is 18.3. The van der Waals surface area contributed by atoms with Gasteiger partial charge >= 0.3 is 11.4 Å². The summed E-state index contributed by atoms with van der Waals surface area (Å²) in [7, 11) is 1.51. The Bertz CT molecular complexity index is 877. The number of benzene rings is 2. The number of halogens is 1. The van der Waals surface area contributed by atoms with Crippen molar-refractivity contribution in [3.05, 3.63) is 78.3 Å². The van der Waals surface area contributed by atoms with E-state index in [0.29, 0.717) is 11.3 Å². The number of nitro benzene ring substituents is 2. The molecule has 0 heterocycles. The molecule has 128 valence electrons. The van der Waals surface area contributed by atoms with E-state index in [9.17, 15) is 25.0 Å². The van der Waals surface area contributed by atoms with Gasteiger partial charge in [0, 0.05) is 22.2 Å². The molecule has 0 saturated heterocycles. The smallest absolute Gasteiger partial charge is 0.347 e. The topological polar surface area (TPSA) is 113 Å². The number of hydrogen-bond donors (Lipinski definition) is 0. The Morgan fingerprint density at radius 3 is 2.16 bits per heavy atom. The van der Waals surface area contributed by atoms with E-state index in [2.05, 4.69) is 15.9 Å². The van der Waals surface area contributed by atoms with Crippen molar-refractivity contribution in [3.8, 4) is 5.75 Å². The Hall–Kier alpha value is -3.07. The Labute approximate surface area is 150 Å². The second-order valence-corrected chi connectivity index (χ2v) is 5.66. The van der Waals surface area contributed by atoms with Gasteiger partial charge in [0.1, 0.15) is 5.75 Å². The minimum Gasteiger partial charge on any atom is -0.497 e. The summed E-state index contributed by atoms with van der Waals surface area (Å²) >= 11 is 3.12. The lowest BCUT2D eigenvalue weighted by molar-refractivity contribution is -0.422. The van der Waals surface area contributed by atoms with E-state index in [0.717, 1.165) is 12.1 Å². The molecule has 2 aromatic carbocycles. The van der Waals surface area contributed by atoms with E-state index in [1.807, 2.05) is 0 Å². The number of ketones is 1. The predicted molar refractivity (Wildman–Crippen MR) is 93.8 cm³/mol. The van der Waals surface area contributed by atoms with Crippen molar-refractivity contribution in [3.63, 3.8) is 0 Å². The molecule has 2 rings (SSSR count). The van der Waals surface area contributed by atoms with Gasteiger partial charge in [-0.05, 0) is 57.9 Å². The fourth-order valence-electron chi connectivity index (χ4n) is 2.00. The van der Waals surface area contributed by atoms with Crippen LogP contribution in [0.2, 0.25) is 0 Å². The van der Waals surface area contributed by atoms with E-state index in [-0.39, 0.29) is 15.8 Å². The third-order valence-corrected chi connectivity index (χ3v) is 3.96. The average molecular weight is 407 g/mol. The van der Waals surface area contributed by atoms with Gasteiger partial charge in [-0.25, -0.2) is 0 Å². The van der Waals surface area contributed by atoms with Crippen LogP contribution in [0.5, 0.6) is 5.75 Å². The van der Waals surface area contributed by atoms with E-state index in [4.69, 9.17) is 4.74 Å². The maximum Gasteiger partial charge on any atom is 0.347 e. The fraction of sp³-hybridized carbons (Fsp3) is 0.0625. The summed E-state index contributed by atoms with van der Waals surface area (Å²) in [6.45, 7) is 0. The Balaban J connectivity index is 2.33. The molecule has 0 spiro atoms. The molecule has 0 aliphatic carbocycles. The highest BCUT2D eigenvalue weighted by molar-refractivity contribution is 9.10. The maximum absolute atomic E-state index is 12.1. The van der Waals surface area contributed by atoms with Crippen molar-refractivity contribution in [1.29, 1.82) is 0 Å². The lowest BCUT2D eigenvalue weighted by Crippen LogP contribution is -1.98. The zero-order valence-electron chi connectivity index (χ0n) is 12.8. The quantitative estimate of drug-likeness (QED) is 0.307. The van der Waals surface area contributed by atoms with Crippen LogP contribution in [0.1, 0.15) is 15.9 Å². The SMILES string of the molecule is COc1ccc(C(=O)/C=C/c2cc([N+](=O)[O-])c([N+](=O)[O-])cc2Br)cc1. The molecule has 0 amide bonds. The average Bonchev–Trinajstić information content (AvgIpc) is 2.59. The summed E-state index contributed by atoms with van der Waals surface area (Å²) in [5.74, 6) is 0.282. The van der Waals surface area contributed by atoms with E-state index in [1.54, 1.807) is 24.3 Å². The number of ether oxygens (including phenoxy) is 1. The summed E-state index contributed by atoms with van der Waals surface area (Å²) < 4.78 is 5.27. The molecule has 0 bridgehead atoms. The van der Waals surface area contributed by atoms with Crippen LogP contribution in [0.3, 0.4) is 0 Å². The first-order valence-electron chi connectivity index (χ1n) is 6.82. The van der Waals surface area contributed by atoms with Crippen LogP contribution in [0.15, 0.2) is 46.9 Å². The number of allylic oxidation sites excluding steroid dienone is 1. The summed E-state index contributed by atoms with van der Waals surface area (Å²) in [5, 5.41) is 21.9. The highest BCUT2D eigenvalue weighted by Gasteiger charge is 2.25. The highest BCUT2D eigenvalue weighted by Crippen LogP contribution is 2.33. The van der Waals surface area contributed by atoms with E-state index < -0.39 is 21.2 Å². The van der Waals surface area contributed by atoms with Crippen molar-refractivity contribution in [2.45, 2.75) is 0 Å². The minimum atomic E-state index is -0.840. The van der Waals surface area contributed by atoms with Crippen LogP contribution >= 0.6 is 15.9 Å². The van der Waals surface area contributed by atoms with Crippen molar-refractivity contribution in [2.75, 3.05) is 7.11 Å². The number of nitrogens with zero attached hydrogens (tertiary/aromatic N) is 2. The molecule has 0 atom stereocenters. The van der Waals surface area contributed by atoms with Crippen LogP contribution in [-0.4, -0.2) is 22.7 Å². The summed E-state index contributed by atoms with van der Waals surface area (Å²) in [6, 6.07) is 8.51. The Morgan fingerprint density at radius 2 is 1.64 bits per heavy atom. The van der Waals surface area contributed by atoms with Gasteiger partial charge in [0.2, 0.25) is 0 Å². The van der Waals surface area contributed by atoms with Gasteiger partial charge in [0.05, 0.1) is 17.0 Å². The molecule has 0 radical (unpaired) electrons. The van der Waals surface area contributed by atoms with E-state index >= 15 is 0 Å². The summed E-state index contributed by atoms with van der Waals surface area (Å²) in [5.41, 5.74) is -0.594. The standard InChI is InChI=1S/C16H11BrN2O6/c1-25-12-5-2-10(3-6-12)16(20)7-4-11-8-14(18(21)22)15(19(23)24)9-13(11)17/h2-9H,1H3/b7-4+. The van der Waals surface area contributed by atoms with Gasteiger partial charge in [-0.3, -0.25) is 25.0 Å². The summed E-state index contributed by atoms with van der Waals surface area (Å²) in [6.07, 6.45) is 2.59. The zero-order chi connectivity index (χ0) is 18.6. The first-order valence-corrected chi connectivity index (χ1v) is 7.61. The Morgan fingerprint density at radius 1 is 1.08 bits per heavy atom. The molecule has 0 aliphatic heterocycles. The second-order valence-electron chi connectivity index (χ2n) is 4.80. The minimum absolute atomic E-state index is 0.267. The molecule has 0 aromatic heterocycles. The lowest BCUT2D eigenvalue weighted by atomic mass is 10.1. The van der Waals surface area contributed by atoms with Gasteiger partial charge in [-0.2, -0.15) is 0 Å². The molecule has 25 heavy (non-hydrogen) atoms. The number of nitro groups is 2. The van der Waals surface area contributed by atoms with Crippen molar-refractivity contribution in [1.82, 2.24) is 0 Å². The van der Waals surface area contributed by atoms with Gasteiger partial charge < -0.3 is 4.74 Å². The summed E-state index contributed by atoms with van der Waals surface area (Å²) in [4.78, 5) is 32.3. The van der Waals surface area contributed by atoms with Crippen molar-refractivity contribution < 1.29 is 19.4 Å². The van der Waals surface area contributed by atoms with Crippen LogP contribution in [0, 0.1) is 20.2 Å². The fourth-order valence-corrected chi connectivity index (χ4v) is 2.47. The number of rotatable bonds is 6. The molecule has 0 N–H and O–H groups in total. The number of methoxy groups -OCH3 is 1. The molecular formula is C16H11BrN2O6. The molecule has 0 saturated carbocycles. The monoisotopic (exact) mass is 406 g/mol. The van der Waals surface area contributed by atoms with Crippen LogP contribution < -0.4 is 4.74 Å². The second kappa shape index (κ2) is 7.67. The van der Waals surface area contributed by atoms with Gasteiger partial charge in [-0.15, -0.1) is 0 Å². The number of carbonyl (C=O) groups excluding carboxylic acids is 1. The zero-order valence-corrected chi connectivity index (χ0v) is 14.4. The number of hydrogen-bond acceptors (Lipinski definition) is 6. The molecule has 8 nitrogen and oxygen atoms in total. The molecule has 0 fully saturated rings. The van der Waals surface area contributed by atoms with Gasteiger partial charge in [0.15, 0.2) is 5.78 Å². The highest BCUT2D eigenvalue weighted by atomic mass is 79.9. The molecule has 2 aromatic rings. The molecule has 9 heteroatoms. The van der Waals surface area contributed by atoms with E-state index in [1.165, 1.54) is 19.3 Å². The van der Waals surface area contributed by atoms with Gasteiger partial charge in [0.25, 0.3) is 0 Å². The third-order valence-electron chi connectivity index (χ3n) is 3.28. The normalized spacial score (nSPS) is 10.6. The van der Waals surface area contributed by atoms with Crippen molar-refractivity contribution >= 4 is 39.2 Å². The van der Waals surface area contributed by atoms with Crippen LogP contribution in [0.4, 0.5) is 11.4 Å². The third kappa shape index (κ3) is 4.27. The van der Waals surface area contributed by atoms with Crippen molar-refractivity contribution in [2.24, 2.45) is 0 Å². The predicted octanol–water partition coefficient (Wildman–Crippen LogP) is 4.17. The number of carbonyl (C=O) groups is 1. The Kier molecular flexibility index (Phi) is 5.60. The molecule has 0 aliphatic rings. The molecular weight excluding hydrogens is 396 g/mol. The lowest BCUT2D eigenvalue weighted by Gasteiger charge is -2.02. The van der Waals surface area contributed by atoms with Crippen LogP contribution in [-0.2, 0) is 0 Å². The maximum atomic E-state index is 12.1. The van der Waals surface area contributed by atoms with Crippen LogP contribution in [0.25, 0.3) is 6.08 Å². The van der Waals surface area contributed by atoms with Gasteiger partial charge in [-0.1, -0.05) is 0 Å².